The third-order valence-electron chi connectivity index (χ3n) is 2.29. The lowest BCUT2D eigenvalue weighted by Crippen LogP contribution is -2.08. The van der Waals surface area contributed by atoms with Crippen LogP contribution in [0.5, 0.6) is 11.5 Å². The van der Waals surface area contributed by atoms with Gasteiger partial charge in [0, 0.05) is 6.92 Å². The highest BCUT2D eigenvalue weighted by Gasteiger charge is 2.17. The van der Waals surface area contributed by atoms with Crippen LogP contribution in [0.2, 0.25) is 0 Å². The highest BCUT2D eigenvalue weighted by molar-refractivity contribution is 5.99. The molecule has 0 atom stereocenters. The number of hydrogen-bond acceptors (Lipinski definition) is 5. The SMILES string of the molecule is CC.COc1cc(/C=C/C=O)cc(C(C)=O)c1OC(C)=O. The van der Waals surface area contributed by atoms with E-state index in [0.29, 0.717) is 11.8 Å². The summed E-state index contributed by atoms with van der Waals surface area (Å²) in [5, 5.41) is 0. The van der Waals surface area contributed by atoms with Gasteiger partial charge in [-0.05, 0) is 30.7 Å². The summed E-state index contributed by atoms with van der Waals surface area (Å²) in [7, 11) is 1.40. The number of Topliss-reactive ketones (excluding diaryl/α,β-unsaturated/α-hetero) is 1. The molecule has 1 aromatic carbocycles. The Morgan fingerprint density at radius 3 is 2.19 bits per heavy atom. The molecule has 0 bridgehead atoms. The summed E-state index contributed by atoms with van der Waals surface area (Å²) in [6.45, 7) is 6.60. The van der Waals surface area contributed by atoms with Crippen LogP contribution < -0.4 is 9.47 Å². The minimum absolute atomic E-state index is 0.0887. The zero-order chi connectivity index (χ0) is 16.4. The predicted octanol–water partition coefficient (Wildman–Crippen LogP) is 3.06. The third-order valence-corrected chi connectivity index (χ3v) is 2.29. The van der Waals surface area contributed by atoms with Crippen LogP contribution in [0, 0.1) is 0 Å². The second-order valence-electron chi connectivity index (χ2n) is 3.74. The van der Waals surface area contributed by atoms with Gasteiger partial charge in [0.2, 0.25) is 0 Å². The average molecular weight is 292 g/mol. The van der Waals surface area contributed by atoms with Crippen molar-refractivity contribution >= 4 is 24.1 Å². The number of ether oxygens (including phenoxy) is 2. The summed E-state index contributed by atoms with van der Waals surface area (Å²) in [4.78, 5) is 33.0. The molecule has 0 aliphatic rings. The van der Waals surface area contributed by atoms with Crippen LogP contribution in [0.3, 0.4) is 0 Å². The van der Waals surface area contributed by atoms with E-state index in [9.17, 15) is 14.4 Å². The Bertz CT molecular complexity index is 544. The first kappa shape index (κ1) is 18.6. The standard InChI is InChI=1S/C14H14O5.C2H6/c1-9(16)12-7-11(5-4-6-15)8-13(18-3)14(12)19-10(2)17;1-2/h4-8H,1-3H3;1-2H3/b5-4+;. The van der Waals surface area contributed by atoms with E-state index >= 15 is 0 Å². The molecule has 0 N–H and O–H groups in total. The summed E-state index contributed by atoms with van der Waals surface area (Å²) in [6, 6.07) is 3.10. The summed E-state index contributed by atoms with van der Waals surface area (Å²) < 4.78 is 10.1. The van der Waals surface area contributed by atoms with E-state index in [2.05, 4.69) is 0 Å². The lowest BCUT2D eigenvalue weighted by atomic mass is 10.0. The van der Waals surface area contributed by atoms with Crippen LogP contribution in [-0.4, -0.2) is 25.1 Å². The minimum atomic E-state index is -0.544. The summed E-state index contributed by atoms with van der Waals surface area (Å²) in [5.74, 6) is -0.466. The molecular formula is C16H20O5. The predicted molar refractivity (Wildman–Crippen MR) is 80.8 cm³/mol. The quantitative estimate of drug-likeness (QED) is 0.274. The van der Waals surface area contributed by atoms with Crippen molar-refractivity contribution in [2.75, 3.05) is 7.11 Å². The lowest BCUT2D eigenvalue weighted by Gasteiger charge is -2.12. The number of allylic oxidation sites excluding steroid dienone is 1. The van der Waals surface area contributed by atoms with Crippen molar-refractivity contribution in [2.45, 2.75) is 27.7 Å². The number of ketones is 1. The van der Waals surface area contributed by atoms with Gasteiger partial charge in [-0.15, -0.1) is 0 Å². The molecule has 0 saturated carbocycles. The molecular weight excluding hydrogens is 272 g/mol. The molecule has 21 heavy (non-hydrogen) atoms. The number of benzene rings is 1. The van der Waals surface area contributed by atoms with E-state index in [0.717, 1.165) is 0 Å². The first-order valence-corrected chi connectivity index (χ1v) is 6.52. The molecule has 0 aromatic heterocycles. The number of esters is 1. The van der Waals surface area contributed by atoms with Crippen LogP contribution in [0.1, 0.15) is 43.6 Å². The van der Waals surface area contributed by atoms with Crippen LogP contribution in [0.4, 0.5) is 0 Å². The first-order valence-electron chi connectivity index (χ1n) is 6.52. The molecule has 0 radical (unpaired) electrons. The number of carbonyl (C=O) groups is 3. The number of hydrogen-bond donors (Lipinski definition) is 0. The van der Waals surface area contributed by atoms with Gasteiger partial charge in [0.05, 0.1) is 12.7 Å². The maximum absolute atomic E-state index is 11.6. The van der Waals surface area contributed by atoms with Gasteiger partial charge in [0.15, 0.2) is 17.3 Å². The van der Waals surface area contributed by atoms with Gasteiger partial charge in [-0.3, -0.25) is 14.4 Å². The molecule has 5 nitrogen and oxygen atoms in total. The van der Waals surface area contributed by atoms with Crippen molar-refractivity contribution in [1.82, 2.24) is 0 Å². The van der Waals surface area contributed by atoms with Crippen molar-refractivity contribution in [2.24, 2.45) is 0 Å². The van der Waals surface area contributed by atoms with E-state index in [-0.39, 0.29) is 22.8 Å². The van der Waals surface area contributed by atoms with Crippen LogP contribution in [0.25, 0.3) is 6.08 Å². The van der Waals surface area contributed by atoms with E-state index in [1.54, 1.807) is 6.07 Å². The van der Waals surface area contributed by atoms with Gasteiger partial charge in [0.25, 0.3) is 0 Å². The fourth-order valence-electron chi connectivity index (χ4n) is 1.53. The van der Waals surface area contributed by atoms with E-state index < -0.39 is 5.97 Å². The minimum Gasteiger partial charge on any atom is -0.493 e. The highest BCUT2D eigenvalue weighted by atomic mass is 16.6. The van der Waals surface area contributed by atoms with Gasteiger partial charge < -0.3 is 9.47 Å². The molecule has 114 valence electrons. The molecule has 0 unspecified atom stereocenters. The van der Waals surface area contributed by atoms with Gasteiger partial charge in [-0.1, -0.05) is 19.9 Å². The average Bonchev–Trinajstić information content (AvgIpc) is 2.47. The van der Waals surface area contributed by atoms with E-state index in [4.69, 9.17) is 9.47 Å². The van der Waals surface area contributed by atoms with Crippen LogP contribution in [-0.2, 0) is 9.59 Å². The number of methoxy groups -OCH3 is 1. The van der Waals surface area contributed by atoms with Gasteiger partial charge >= 0.3 is 5.97 Å². The Labute approximate surface area is 124 Å². The summed E-state index contributed by atoms with van der Waals surface area (Å²) in [6.07, 6.45) is 3.45. The zero-order valence-electron chi connectivity index (χ0n) is 12.9. The van der Waals surface area contributed by atoms with Gasteiger partial charge in [-0.2, -0.15) is 0 Å². The Morgan fingerprint density at radius 2 is 1.76 bits per heavy atom. The topological polar surface area (TPSA) is 69.7 Å². The monoisotopic (exact) mass is 292 g/mol. The maximum Gasteiger partial charge on any atom is 0.308 e. The first-order chi connectivity index (χ1) is 9.99. The normalized spacial score (nSPS) is 9.57. The number of carbonyl (C=O) groups excluding carboxylic acids is 3. The summed E-state index contributed by atoms with van der Waals surface area (Å²) in [5.41, 5.74) is 0.824. The van der Waals surface area contributed by atoms with Crippen molar-refractivity contribution in [3.8, 4) is 11.5 Å². The van der Waals surface area contributed by atoms with Crippen LogP contribution >= 0.6 is 0 Å². The molecule has 0 amide bonds. The van der Waals surface area contributed by atoms with Crippen molar-refractivity contribution < 1.29 is 23.9 Å². The van der Waals surface area contributed by atoms with Gasteiger partial charge in [-0.25, -0.2) is 0 Å². The Balaban J connectivity index is 0.00000191. The van der Waals surface area contributed by atoms with Crippen LogP contribution in [0.15, 0.2) is 18.2 Å². The molecule has 0 aliphatic heterocycles. The Morgan fingerprint density at radius 1 is 1.14 bits per heavy atom. The summed E-state index contributed by atoms with van der Waals surface area (Å²) >= 11 is 0. The molecule has 0 fully saturated rings. The molecule has 1 aromatic rings. The largest absolute Gasteiger partial charge is 0.493 e. The molecule has 0 spiro atoms. The number of rotatable bonds is 5. The Kier molecular flexibility index (Phi) is 8.37. The fourth-order valence-corrected chi connectivity index (χ4v) is 1.53. The van der Waals surface area contributed by atoms with Crippen molar-refractivity contribution in [1.29, 1.82) is 0 Å². The molecule has 0 heterocycles. The second kappa shape index (κ2) is 9.47. The fraction of sp³-hybridized carbons (Fsp3) is 0.312. The van der Waals surface area contributed by atoms with Gasteiger partial charge in [0.1, 0.15) is 6.29 Å². The van der Waals surface area contributed by atoms with E-state index in [1.807, 2.05) is 13.8 Å². The smallest absolute Gasteiger partial charge is 0.308 e. The molecule has 5 heteroatoms. The molecule has 0 saturated heterocycles. The van der Waals surface area contributed by atoms with Crippen molar-refractivity contribution in [3.05, 3.63) is 29.3 Å². The van der Waals surface area contributed by atoms with Crippen molar-refractivity contribution in [3.63, 3.8) is 0 Å². The highest BCUT2D eigenvalue weighted by Crippen LogP contribution is 2.33. The molecule has 1 rings (SSSR count). The van der Waals surface area contributed by atoms with E-state index in [1.165, 1.54) is 39.2 Å². The number of aldehydes is 1. The lowest BCUT2D eigenvalue weighted by molar-refractivity contribution is -0.132. The third kappa shape index (κ3) is 5.60. The second-order valence-corrected chi connectivity index (χ2v) is 3.74. The zero-order valence-corrected chi connectivity index (χ0v) is 12.9. The Hall–Kier alpha value is -2.43. The molecule has 0 aliphatic carbocycles. The maximum atomic E-state index is 11.6.